The van der Waals surface area contributed by atoms with E-state index in [0.29, 0.717) is 30.0 Å². The van der Waals surface area contributed by atoms with Crippen LogP contribution in [0.2, 0.25) is 5.15 Å². The number of carbonyl (C=O) groups is 1. The maximum absolute atomic E-state index is 12.5. The molecule has 3 heterocycles. The number of hydrogen-bond acceptors (Lipinski definition) is 8. The van der Waals surface area contributed by atoms with Gasteiger partial charge in [-0.15, -0.1) is 0 Å². The van der Waals surface area contributed by atoms with Crippen LogP contribution < -0.4 is 15.8 Å². The molecule has 34 heavy (non-hydrogen) atoms. The average molecular weight is 500 g/mol. The van der Waals surface area contributed by atoms with E-state index in [-0.39, 0.29) is 41.5 Å². The van der Waals surface area contributed by atoms with Crippen LogP contribution in [0.1, 0.15) is 43.2 Å². The van der Waals surface area contributed by atoms with Crippen molar-refractivity contribution in [3.8, 4) is 5.75 Å². The van der Waals surface area contributed by atoms with Crippen molar-refractivity contribution in [3.63, 3.8) is 0 Å². The molecule has 8 nitrogen and oxygen atoms in total. The van der Waals surface area contributed by atoms with Gasteiger partial charge in [0.15, 0.2) is 0 Å². The monoisotopic (exact) mass is 499 g/mol. The number of fused-ring (bicyclic) bond motifs is 1. The Balaban J connectivity index is 1.52. The Kier molecular flexibility index (Phi) is 6.50. The van der Waals surface area contributed by atoms with Crippen LogP contribution in [0, 0.1) is 24.7 Å². The fraction of sp³-hybridized carbons (Fsp3) is 0.545. The van der Waals surface area contributed by atoms with E-state index in [1.807, 2.05) is 26.8 Å². The molecule has 2 aromatic heterocycles. The van der Waals surface area contributed by atoms with Crippen LogP contribution in [0.3, 0.4) is 0 Å². The summed E-state index contributed by atoms with van der Waals surface area (Å²) in [6.45, 7) is 5.49. The first-order valence-electron chi connectivity index (χ1n) is 10.9. The lowest BCUT2D eigenvalue weighted by atomic mass is 9.92. The van der Waals surface area contributed by atoms with Crippen LogP contribution in [-0.2, 0) is 16.0 Å². The Labute approximate surface area is 199 Å². The second-order valence-corrected chi connectivity index (χ2v) is 9.30. The molecule has 1 aliphatic carbocycles. The standard InChI is InChI=1S/C22H25ClF3N5O3/c1-9-4-12-6-15(34-16(12)7-28-9)17-18(23)30-21(27)31-19(17)29-14-5-13(10(2)11(14)3)8-33-20(32)22(24,25)26/h4,7,10-11,13-15H,5-6,8H2,1-3H3,(H3,27,29,30,31). The summed E-state index contributed by atoms with van der Waals surface area (Å²) in [6, 6.07) is 1.78. The van der Waals surface area contributed by atoms with Crippen LogP contribution in [0.25, 0.3) is 0 Å². The SMILES string of the molecule is Cc1cc2c(cn1)OC(c1c(Cl)nc(N)nc1NC1CC(COC(=O)C(F)(F)F)C(C)C1C)C2. The molecule has 0 bridgehead atoms. The molecule has 2 aliphatic rings. The van der Waals surface area contributed by atoms with Crippen molar-refractivity contribution in [1.82, 2.24) is 15.0 Å². The number of rotatable bonds is 5. The third-order valence-corrected chi connectivity index (χ3v) is 7.03. The third-order valence-electron chi connectivity index (χ3n) is 6.74. The number of nitrogens with zero attached hydrogens (tertiary/aromatic N) is 3. The lowest BCUT2D eigenvalue weighted by Crippen LogP contribution is -2.28. The number of aryl methyl sites for hydroxylation is 1. The maximum atomic E-state index is 12.5. The molecule has 0 spiro atoms. The number of halogens is 4. The molecule has 0 amide bonds. The number of nitrogens with two attached hydrogens (primary N) is 1. The van der Waals surface area contributed by atoms with Gasteiger partial charge in [-0.2, -0.15) is 18.2 Å². The van der Waals surface area contributed by atoms with Gasteiger partial charge >= 0.3 is 12.1 Å². The Morgan fingerprint density at radius 3 is 2.76 bits per heavy atom. The van der Waals surface area contributed by atoms with Crippen molar-refractivity contribution in [2.75, 3.05) is 17.7 Å². The Morgan fingerprint density at radius 2 is 2.06 bits per heavy atom. The number of anilines is 2. The lowest BCUT2D eigenvalue weighted by molar-refractivity contribution is -0.201. The minimum Gasteiger partial charge on any atom is -0.483 e. The number of ether oxygens (including phenoxy) is 2. The largest absolute Gasteiger partial charge is 0.490 e. The number of aromatic nitrogens is 3. The highest BCUT2D eigenvalue weighted by Gasteiger charge is 2.44. The highest BCUT2D eigenvalue weighted by atomic mass is 35.5. The first kappa shape index (κ1) is 24.3. The summed E-state index contributed by atoms with van der Waals surface area (Å²) in [5, 5.41) is 3.52. The Hall–Kier alpha value is -2.82. The Bertz CT molecular complexity index is 1100. The van der Waals surface area contributed by atoms with Crippen molar-refractivity contribution < 1.29 is 27.4 Å². The molecule has 5 atom stereocenters. The second-order valence-electron chi connectivity index (χ2n) is 8.94. The molecule has 1 fully saturated rings. The molecule has 1 aliphatic heterocycles. The van der Waals surface area contributed by atoms with Gasteiger partial charge in [0.1, 0.15) is 22.8 Å². The van der Waals surface area contributed by atoms with Gasteiger partial charge in [-0.3, -0.25) is 4.98 Å². The molecule has 0 aromatic carbocycles. The van der Waals surface area contributed by atoms with E-state index in [1.54, 1.807) is 6.20 Å². The highest BCUT2D eigenvalue weighted by molar-refractivity contribution is 6.30. The molecule has 2 aromatic rings. The predicted molar refractivity (Wildman–Crippen MR) is 118 cm³/mol. The zero-order valence-electron chi connectivity index (χ0n) is 18.8. The molecule has 0 saturated heterocycles. The fourth-order valence-corrected chi connectivity index (χ4v) is 4.98. The summed E-state index contributed by atoms with van der Waals surface area (Å²) >= 11 is 6.46. The third kappa shape index (κ3) is 4.84. The van der Waals surface area contributed by atoms with Gasteiger partial charge in [-0.25, -0.2) is 9.78 Å². The van der Waals surface area contributed by atoms with E-state index in [2.05, 4.69) is 25.0 Å². The zero-order chi connectivity index (χ0) is 24.8. The number of nitrogens with one attached hydrogen (secondary N) is 1. The Morgan fingerprint density at radius 1 is 1.32 bits per heavy atom. The maximum Gasteiger partial charge on any atom is 0.490 e. The van der Waals surface area contributed by atoms with Crippen molar-refractivity contribution in [2.45, 2.75) is 51.9 Å². The average Bonchev–Trinajstić information content (AvgIpc) is 3.26. The quantitative estimate of drug-likeness (QED) is 0.463. The highest BCUT2D eigenvalue weighted by Crippen LogP contribution is 2.43. The van der Waals surface area contributed by atoms with Crippen LogP contribution in [0.15, 0.2) is 12.3 Å². The van der Waals surface area contributed by atoms with Crippen LogP contribution in [0.4, 0.5) is 24.9 Å². The summed E-state index contributed by atoms with van der Waals surface area (Å²) in [4.78, 5) is 23.8. The smallest absolute Gasteiger partial charge is 0.483 e. The number of carbonyl (C=O) groups excluding carboxylic acids is 1. The number of nitrogen functional groups attached to an aromatic ring is 1. The van der Waals surface area contributed by atoms with Gasteiger partial charge in [-0.05, 0) is 37.2 Å². The van der Waals surface area contributed by atoms with Gasteiger partial charge in [-0.1, -0.05) is 25.4 Å². The van der Waals surface area contributed by atoms with Crippen molar-refractivity contribution in [3.05, 3.63) is 34.2 Å². The number of pyridine rings is 1. The normalized spacial score (nSPS) is 26.1. The molecule has 4 rings (SSSR count). The first-order chi connectivity index (χ1) is 15.9. The van der Waals surface area contributed by atoms with Crippen LogP contribution in [-0.4, -0.2) is 39.7 Å². The van der Waals surface area contributed by atoms with E-state index < -0.39 is 18.2 Å². The summed E-state index contributed by atoms with van der Waals surface area (Å²) in [5.41, 5.74) is 8.27. The van der Waals surface area contributed by atoms with Crippen LogP contribution in [0.5, 0.6) is 5.75 Å². The van der Waals surface area contributed by atoms with Crippen LogP contribution >= 0.6 is 11.6 Å². The molecule has 184 valence electrons. The summed E-state index contributed by atoms with van der Waals surface area (Å²) in [7, 11) is 0. The van der Waals surface area contributed by atoms with Gasteiger partial charge in [0.2, 0.25) is 5.95 Å². The van der Waals surface area contributed by atoms with Crippen molar-refractivity contribution >= 4 is 29.3 Å². The zero-order valence-corrected chi connectivity index (χ0v) is 19.6. The second kappa shape index (κ2) is 9.09. The van der Waals surface area contributed by atoms with Gasteiger partial charge in [0.05, 0.1) is 18.4 Å². The molecule has 5 unspecified atom stereocenters. The van der Waals surface area contributed by atoms with Gasteiger partial charge in [0.25, 0.3) is 0 Å². The molecule has 1 saturated carbocycles. The van der Waals surface area contributed by atoms with Gasteiger partial charge < -0.3 is 20.5 Å². The van der Waals surface area contributed by atoms with E-state index in [0.717, 1.165) is 11.3 Å². The summed E-state index contributed by atoms with van der Waals surface area (Å²) < 4.78 is 48.1. The molecule has 12 heteroatoms. The lowest BCUT2D eigenvalue weighted by Gasteiger charge is -2.24. The van der Waals surface area contributed by atoms with Crippen molar-refractivity contribution in [1.29, 1.82) is 0 Å². The number of hydrogen-bond donors (Lipinski definition) is 2. The van der Waals surface area contributed by atoms with Gasteiger partial charge in [0, 0.05) is 23.7 Å². The van der Waals surface area contributed by atoms with E-state index >= 15 is 0 Å². The van der Waals surface area contributed by atoms with E-state index in [9.17, 15) is 18.0 Å². The van der Waals surface area contributed by atoms with E-state index in [1.165, 1.54) is 0 Å². The molecule has 0 radical (unpaired) electrons. The molecule has 3 N–H and O–H groups in total. The topological polar surface area (TPSA) is 112 Å². The summed E-state index contributed by atoms with van der Waals surface area (Å²) in [6.07, 6.45) is -2.78. The molecular formula is C22H25ClF3N5O3. The minimum absolute atomic E-state index is 0.00215. The number of alkyl halides is 3. The van der Waals surface area contributed by atoms with Crippen molar-refractivity contribution in [2.24, 2.45) is 17.8 Å². The fourth-order valence-electron chi connectivity index (χ4n) is 4.68. The van der Waals surface area contributed by atoms with E-state index in [4.69, 9.17) is 22.1 Å². The predicted octanol–water partition coefficient (Wildman–Crippen LogP) is 4.27. The summed E-state index contributed by atoms with van der Waals surface area (Å²) in [5.74, 6) is -1.33. The minimum atomic E-state index is -5.01. The molecular weight excluding hydrogens is 475 g/mol. The number of esters is 1. The first-order valence-corrected chi connectivity index (χ1v) is 11.3.